The Balaban J connectivity index is 5.81. The molecular weight excluding hydrogens is 374 g/mol. The van der Waals surface area contributed by atoms with E-state index >= 15 is 0 Å². The van der Waals surface area contributed by atoms with Gasteiger partial charge in [0.15, 0.2) is 0 Å². The van der Waals surface area contributed by atoms with E-state index in [1.807, 2.05) is 4.74 Å². The molecule has 0 aromatic rings. The van der Waals surface area contributed by atoms with Crippen molar-refractivity contribution >= 4 is 10.1 Å². The average molecular weight is 378 g/mol. The molecule has 0 radical (unpaired) electrons. The molecular formula is C6H4F10O5S. The topological polar surface area (TPSA) is 72.8 Å². The number of rotatable bonds is 7. The van der Waals surface area contributed by atoms with E-state index in [0.717, 1.165) is 0 Å². The minimum absolute atomic E-state index is 1.87. The molecule has 1 N–H and O–H groups in total. The predicted octanol–water partition coefficient (Wildman–Crippen LogP) is 2.54. The summed E-state index contributed by atoms with van der Waals surface area (Å²) in [5.41, 5.74) is -6.49. The summed E-state index contributed by atoms with van der Waals surface area (Å²) in [6, 6.07) is 0. The number of halogens is 10. The lowest BCUT2D eigenvalue weighted by Crippen LogP contribution is -2.62. The van der Waals surface area contributed by atoms with Crippen LogP contribution in [0.15, 0.2) is 0 Å². The summed E-state index contributed by atoms with van der Waals surface area (Å²) in [7, 11) is -6.92. The van der Waals surface area contributed by atoms with Gasteiger partial charge in [0, 0.05) is 0 Å². The van der Waals surface area contributed by atoms with E-state index in [0.29, 0.717) is 0 Å². The number of hydrogen-bond donors (Lipinski definition) is 1. The van der Waals surface area contributed by atoms with Crippen molar-refractivity contribution in [1.82, 2.24) is 0 Å². The zero-order valence-corrected chi connectivity index (χ0v) is 10.4. The quantitative estimate of drug-likeness (QED) is 0.545. The van der Waals surface area contributed by atoms with Crippen molar-refractivity contribution in [3.8, 4) is 0 Å². The summed E-state index contributed by atoms with van der Waals surface area (Å²) in [6.07, 6.45) is -17.4. The Bertz CT molecular complexity index is 487. The molecule has 0 aliphatic heterocycles. The van der Waals surface area contributed by atoms with E-state index in [9.17, 15) is 52.3 Å². The van der Waals surface area contributed by atoms with Crippen LogP contribution < -0.4 is 0 Å². The third-order valence-corrected chi connectivity index (χ3v) is 2.37. The Labute approximate surface area is 114 Å². The van der Waals surface area contributed by atoms with Crippen LogP contribution in [0.25, 0.3) is 0 Å². The van der Waals surface area contributed by atoms with Crippen LogP contribution in [-0.4, -0.2) is 49.6 Å². The molecule has 0 aromatic carbocycles. The molecule has 22 heavy (non-hydrogen) atoms. The first kappa shape index (κ1) is 21.1. The van der Waals surface area contributed by atoms with Gasteiger partial charge in [0.2, 0.25) is 0 Å². The largest absolute Gasteiger partial charge is 0.491 e. The fourth-order valence-corrected chi connectivity index (χ4v) is 0.979. The van der Waals surface area contributed by atoms with E-state index in [4.69, 9.17) is 4.55 Å². The Kier molecular flexibility index (Phi) is 5.73. The zero-order chi connectivity index (χ0) is 18.2. The van der Waals surface area contributed by atoms with Crippen molar-refractivity contribution in [3.63, 3.8) is 0 Å². The van der Waals surface area contributed by atoms with Gasteiger partial charge in [-0.1, -0.05) is 0 Å². The van der Waals surface area contributed by atoms with Crippen molar-refractivity contribution in [3.05, 3.63) is 0 Å². The first-order valence-electron chi connectivity index (χ1n) is 4.48. The van der Waals surface area contributed by atoms with E-state index in [2.05, 4.69) is 4.74 Å². The van der Waals surface area contributed by atoms with E-state index in [1.165, 1.54) is 0 Å². The highest BCUT2D eigenvalue weighted by Gasteiger charge is 2.78. The van der Waals surface area contributed by atoms with E-state index < -0.39 is 46.7 Å². The second kappa shape index (κ2) is 5.97. The molecule has 0 spiro atoms. The molecule has 0 bridgehead atoms. The van der Waals surface area contributed by atoms with Gasteiger partial charge in [-0.2, -0.15) is 43.5 Å². The van der Waals surface area contributed by atoms with Gasteiger partial charge < -0.3 is 4.74 Å². The maximum atomic E-state index is 13.2. The zero-order valence-electron chi connectivity index (χ0n) is 9.55. The van der Waals surface area contributed by atoms with E-state index in [1.54, 1.807) is 0 Å². The van der Waals surface area contributed by atoms with Crippen LogP contribution in [0.5, 0.6) is 0 Å². The van der Waals surface area contributed by atoms with E-state index in [-0.39, 0.29) is 0 Å². The van der Waals surface area contributed by atoms with Crippen LogP contribution in [0.1, 0.15) is 0 Å². The first-order chi connectivity index (χ1) is 9.37. The second-order valence-electron chi connectivity index (χ2n) is 3.35. The maximum absolute atomic E-state index is 13.2. The molecule has 5 nitrogen and oxygen atoms in total. The molecule has 0 aromatic heterocycles. The lowest BCUT2D eigenvalue weighted by Gasteiger charge is -2.34. The third kappa shape index (κ3) is 4.32. The SMILES string of the molecule is O=S(=O)(O)C(F)(F)OC(F)(C(F)(F)F)C(F)(F)OCC(F)F. The lowest BCUT2D eigenvalue weighted by atomic mass is 10.2. The minimum Gasteiger partial charge on any atom is -0.310 e. The number of hydrogen-bond acceptors (Lipinski definition) is 4. The van der Waals surface area contributed by atoms with Gasteiger partial charge in [-0.25, -0.2) is 8.78 Å². The van der Waals surface area contributed by atoms with Crippen LogP contribution in [0.4, 0.5) is 43.9 Å². The molecule has 0 heterocycles. The highest BCUT2D eigenvalue weighted by Crippen LogP contribution is 2.50. The molecule has 134 valence electrons. The van der Waals surface area contributed by atoms with Crippen molar-refractivity contribution < 1.29 is 66.3 Å². The summed E-state index contributed by atoms with van der Waals surface area (Å²) < 4.78 is 156. The third-order valence-electron chi connectivity index (χ3n) is 1.69. The molecule has 16 heteroatoms. The molecule has 0 rings (SSSR count). The van der Waals surface area contributed by atoms with Crippen molar-refractivity contribution in [2.24, 2.45) is 0 Å². The molecule has 1 atom stereocenters. The summed E-state index contributed by atoms with van der Waals surface area (Å²) in [6.45, 7) is -2.53. The molecule has 0 saturated heterocycles. The molecule has 1 unspecified atom stereocenters. The van der Waals surface area contributed by atoms with Gasteiger partial charge in [0.25, 0.3) is 6.43 Å². The monoisotopic (exact) mass is 378 g/mol. The second-order valence-corrected chi connectivity index (χ2v) is 4.78. The van der Waals surface area contributed by atoms with Crippen molar-refractivity contribution in [1.29, 1.82) is 0 Å². The summed E-state index contributed by atoms with van der Waals surface area (Å²) >= 11 is 0. The van der Waals surface area contributed by atoms with Crippen LogP contribution >= 0.6 is 0 Å². The highest BCUT2D eigenvalue weighted by atomic mass is 32.2. The molecule has 0 saturated carbocycles. The van der Waals surface area contributed by atoms with Gasteiger partial charge in [-0.05, 0) is 0 Å². The smallest absolute Gasteiger partial charge is 0.310 e. The minimum atomic E-state index is -7.06. The average Bonchev–Trinajstić information content (AvgIpc) is 2.22. The summed E-state index contributed by atoms with van der Waals surface area (Å²) in [4.78, 5) is 0. The lowest BCUT2D eigenvalue weighted by molar-refractivity contribution is -0.489. The van der Waals surface area contributed by atoms with Crippen LogP contribution in [-0.2, 0) is 19.6 Å². The molecule has 0 aliphatic rings. The fraction of sp³-hybridized carbons (Fsp3) is 1.00. The summed E-state index contributed by atoms with van der Waals surface area (Å²) in [5.74, 6) is -6.87. The first-order valence-corrected chi connectivity index (χ1v) is 5.92. The van der Waals surface area contributed by atoms with Crippen LogP contribution in [0.2, 0.25) is 0 Å². The molecule has 0 fully saturated rings. The molecule has 0 amide bonds. The van der Waals surface area contributed by atoms with Gasteiger partial charge in [0.05, 0.1) is 0 Å². The summed E-state index contributed by atoms with van der Waals surface area (Å²) in [5, 5.41) is 0. The van der Waals surface area contributed by atoms with Crippen molar-refractivity contribution in [2.45, 2.75) is 30.0 Å². The highest BCUT2D eigenvalue weighted by molar-refractivity contribution is 7.86. The van der Waals surface area contributed by atoms with Gasteiger partial charge in [0.1, 0.15) is 6.61 Å². The van der Waals surface area contributed by atoms with Gasteiger partial charge in [-0.3, -0.25) is 9.29 Å². The molecule has 0 aliphatic carbocycles. The number of ether oxygens (including phenoxy) is 2. The Morgan fingerprint density at radius 3 is 1.64 bits per heavy atom. The predicted molar refractivity (Wildman–Crippen MR) is 44.4 cm³/mol. The fourth-order valence-electron chi connectivity index (χ4n) is 0.759. The van der Waals surface area contributed by atoms with Gasteiger partial charge in [-0.15, -0.1) is 0 Å². The standard InChI is InChI=1S/C6H4F10O5S/c7-2(8)1-20-5(13,14)3(9,4(10,11)12)21-6(15,16)22(17,18)19/h2H,1H2,(H,17,18,19). The number of alkyl halides is 10. The van der Waals surface area contributed by atoms with Crippen LogP contribution in [0.3, 0.4) is 0 Å². The Morgan fingerprint density at radius 1 is 0.955 bits per heavy atom. The Morgan fingerprint density at radius 2 is 1.36 bits per heavy atom. The van der Waals surface area contributed by atoms with Gasteiger partial charge >= 0.3 is 33.7 Å². The normalized spacial score (nSPS) is 17.6. The Hall–Kier alpha value is -0.870. The maximum Gasteiger partial charge on any atom is 0.491 e. The van der Waals surface area contributed by atoms with Crippen LogP contribution in [0, 0.1) is 0 Å². The van der Waals surface area contributed by atoms with Crippen molar-refractivity contribution in [2.75, 3.05) is 6.61 Å².